The molecular formula is C13H16O. The molecule has 1 aromatic carbocycles. The van der Waals surface area contributed by atoms with Crippen LogP contribution in [-0.2, 0) is 4.79 Å². The summed E-state index contributed by atoms with van der Waals surface area (Å²) in [5.74, 6) is 0.252. The van der Waals surface area contributed by atoms with E-state index in [1.807, 2.05) is 18.2 Å². The average Bonchev–Trinajstić information content (AvgIpc) is 2.18. The molecule has 0 aliphatic carbocycles. The highest BCUT2D eigenvalue weighted by molar-refractivity contribution is 5.76. The van der Waals surface area contributed by atoms with Gasteiger partial charge in [-0.1, -0.05) is 36.4 Å². The molecule has 0 saturated heterocycles. The zero-order valence-corrected chi connectivity index (χ0v) is 8.79. The van der Waals surface area contributed by atoms with Crippen molar-refractivity contribution in [3.05, 3.63) is 42.0 Å². The number of carbonyl (C=O) groups is 1. The van der Waals surface area contributed by atoms with E-state index in [4.69, 9.17) is 0 Å². The molecule has 0 amide bonds. The van der Waals surface area contributed by atoms with Crippen molar-refractivity contribution in [3.8, 4) is 0 Å². The molecule has 0 fully saturated rings. The van der Waals surface area contributed by atoms with Crippen molar-refractivity contribution in [2.75, 3.05) is 0 Å². The van der Waals surface area contributed by atoms with Crippen molar-refractivity contribution < 1.29 is 4.79 Å². The molecule has 0 unspecified atom stereocenters. The Kier molecular flexibility index (Phi) is 4.11. The first-order valence-electron chi connectivity index (χ1n) is 4.92. The Labute approximate surface area is 85.5 Å². The molecule has 0 bridgehead atoms. The minimum absolute atomic E-state index is 0.252. The third-order valence-electron chi connectivity index (χ3n) is 2.18. The molecule has 0 aliphatic heterocycles. The predicted molar refractivity (Wildman–Crippen MR) is 60.0 cm³/mol. The zero-order valence-electron chi connectivity index (χ0n) is 8.79. The zero-order chi connectivity index (χ0) is 10.4. The van der Waals surface area contributed by atoms with Crippen molar-refractivity contribution in [3.63, 3.8) is 0 Å². The summed E-state index contributed by atoms with van der Waals surface area (Å²) in [5.41, 5.74) is 2.47. The van der Waals surface area contributed by atoms with Crippen LogP contribution < -0.4 is 0 Å². The topological polar surface area (TPSA) is 17.1 Å². The molecule has 74 valence electrons. The number of hydrogen-bond donors (Lipinski definition) is 0. The van der Waals surface area contributed by atoms with Gasteiger partial charge in [-0.2, -0.15) is 0 Å². The Balaban J connectivity index is 2.57. The Morgan fingerprint density at radius 2 is 1.86 bits per heavy atom. The van der Waals surface area contributed by atoms with E-state index in [0.29, 0.717) is 6.42 Å². The minimum atomic E-state index is 0.252. The van der Waals surface area contributed by atoms with Crippen LogP contribution in [0.15, 0.2) is 36.4 Å². The molecule has 0 atom stereocenters. The molecule has 1 rings (SSSR count). The monoisotopic (exact) mass is 188 g/mol. The summed E-state index contributed by atoms with van der Waals surface area (Å²) < 4.78 is 0. The molecule has 0 heterocycles. The second-order valence-electron chi connectivity index (χ2n) is 3.49. The average molecular weight is 188 g/mol. The van der Waals surface area contributed by atoms with Gasteiger partial charge in [-0.05, 0) is 31.4 Å². The first kappa shape index (κ1) is 10.7. The van der Waals surface area contributed by atoms with Gasteiger partial charge in [0.15, 0.2) is 0 Å². The lowest BCUT2D eigenvalue weighted by molar-refractivity contribution is -0.116. The largest absolute Gasteiger partial charge is 0.300 e. The molecule has 1 aromatic rings. The van der Waals surface area contributed by atoms with E-state index in [9.17, 15) is 4.79 Å². The number of rotatable bonds is 4. The summed E-state index contributed by atoms with van der Waals surface area (Å²) in [7, 11) is 0. The van der Waals surface area contributed by atoms with Gasteiger partial charge in [-0.3, -0.25) is 0 Å². The Bertz CT molecular complexity index is 322. The Hall–Kier alpha value is -1.37. The third-order valence-corrected chi connectivity index (χ3v) is 2.18. The normalized spacial score (nSPS) is 11.4. The van der Waals surface area contributed by atoms with Crippen molar-refractivity contribution in [1.82, 2.24) is 0 Å². The van der Waals surface area contributed by atoms with Crippen LogP contribution in [0.25, 0.3) is 5.57 Å². The maximum Gasteiger partial charge on any atom is 0.130 e. The van der Waals surface area contributed by atoms with Crippen LogP contribution in [0.4, 0.5) is 0 Å². The lowest BCUT2D eigenvalue weighted by Gasteiger charge is -2.00. The van der Waals surface area contributed by atoms with Crippen LogP contribution in [0.3, 0.4) is 0 Å². The van der Waals surface area contributed by atoms with Gasteiger partial charge in [0.25, 0.3) is 0 Å². The van der Waals surface area contributed by atoms with Gasteiger partial charge in [-0.15, -0.1) is 0 Å². The summed E-state index contributed by atoms with van der Waals surface area (Å²) in [6, 6.07) is 10.2. The number of ketones is 1. The molecule has 0 N–H and O–H groups in total. The molecule has 0 spiro atoms. The van der Waals surface area contributed by atoms with Crippen LogP contribution in [0.5, 0.6) is 0 Å². The summed E-state index contributed by atoms with van der Waals surface area (Å²) >= 11 is 0. The molecule has 0 aliphatic rings. The fraction of sp³-hybridized carbons (Fsp3) is 0.308. The van der Waals surface area contributed by atoms with E-state index in [0.717, 1.165) is 6.42 Å². The van der Waals surface area contributed by atoms with Crippen molar-refractivity contribution >= 4 is 11.4 Å². The third kappa shape index (κ3) is 3.56. The molecular weight excluding hydrogens is 172 g/mol. The summed E-state index contributed by atoms with van der Waals surface area (Å²) in [5, 5.41) is 0. The highest BCUT2D eigenvalue weighted by Gasteiger charge is 1.94. The molecule has 1 heteroatoms. The van der Waals surface area contributed by atoms with Crippen molar-refractivity contribution in [2.45, 2.75) is 26.7 Å². The second kappa shape index (κ2) is 5.38. The van der Waals surface area contributed by atoms with Crippen LogP contribution in [0.2, 0.25) is 0 Å². The van der Waals surface area contributed by atoms with Crippen LogP contribution in [-0.4, -0.2) is 5.78 Å². The summed E-state index contributed by atoms with van der Waals surface area (Å²) in [6.45, 7) is 3.71. The Morgan fingerprint density at radius 3 is 2.43 bits per heavy atom. The molecule has 1 nitrogen and oxygen atoms in total. The number of benzene rings is 1. The van der Waals surface area contributed by atoms with E-state index < -0.39 is 0 Å². The predicted octanol–water partition coefficient (Wildman–Crippen LogP) is 3.46. The smallest absolute Gasteiger partial charge is 0.130 e. The van der Waals surface area contributed by atoms with Gasteiger partial charge in [0.1, 0.15) is 5.78 Å². The number of hydrogen-bond acceptors (Lipinski definition) is 1. The molecule has 14 heavy (non-hydrogen) atoms. The maximum atomic E-state index is 10.7. The van der Waals surface area contributed by atoms with E-state index in [1.54, 1.807) is 6.92 Å². The van der Waals surface area contributed by atoms with Crippen molar-refractivity contribution in [1.29, 1.82) is 0 Å². The highest BCUT2D eigenvalue weighted by atomic mass is 16.1. The van der Waals surface area contributed by atoms with Gasteiger partial charge >= 0.3 is 0 Å². The lowest BCUT2D eigenvalue weighted by atomic mass is 10.1. The minimum Gasteiger partial charge on any atom is -0.300 e. The first-order valence-corrected chi connectivity index (χ1v) is 4.92. The quantitative estimate of drug-likeness (QED) is 0.707. The first-order chi connectivity index (χ1) is 6.70. The second-order valence-corrected chi connectivity index (χ2v) is 3.49. The molecule has 0 saturated carbocycles. The number of carbonyl (C=O) groups excluding carboxylic acids is 1. The fourth-order valence-corrected chi connectivity index (χ4v) is 1.31. The van der Waals surface area contributed by atoms with Crippen LogP contribution >= 0.6 is 0 Å². The van der Waals surface area contributed by atoms with Crippen LogP contribution in [0.1, 0.15) is 32.3 Å². The Morgan fingerprint density at radius 1 is 1.21 bits per heavy atom. The fourth-order valence-electron chi connectivity index (χ4n) is 1.31. The molecule has 0 radical (unpaired) electrons. The van der Waals surface area contributed by atoms with Gasteiger partial charge in [0.2, 0.25) is 0 Å². The van der Waals surface area contributed by atoms with E-state index >= 15 is 0 Å². The lowest BCUT2D eigenvalue weighted by Crippen LogP contribution is -1.87. The highest BCUT2D eigenvalue weighted by Crippen LogP contribution is 2.13. The van der Waals surface area contributed by atoms with Gasteiger partial charge < -0.3 is 4.79 Å². The van der Waals surface area contributed by atoms with Gasteiger partial charge in [0, 0.05) is 6.42 Å². The van der Waals surface area contributed by atoms with Gasteiger partial charge in [-0.25, -0.2) is 0 Å². The van der Waals surface area contributed by atoms with E-state index in [2.05, 4.69) is 25.1 Å². The number of allylic oxidation sites excluding steroid dienone is 2. The van der Waals surface area contributed by atoms with E-state index in [1.165, 1.54) is 11.1 Å². The van der Waals surface area contributed by atoms with Gasteiger partial charge in [0.05, 0.1) is 0 Å². The number of Topliss-reactive ketones (excluding diaryl/α,β-unsaturated/α-hetero) is 1. The van der Waals surface area contributed by atoms with E-state index in [-0.39, 0.29) is 5.78 Å². The maximum absolute atomic E-state index is 10.7. The van der Waals surface area contributed by atoms with Crippen LogP contribution in [0, 0.1) is 0 Å². The van der Waals surface area contributed by atoms with Crippen molar-refractivity contribution in [2.24, 2.45) is 0 Å². The standard InChI is InChI=1S/C13H16O/c1-11(7-6-8-12(2)14)13-9-4-3-5-10-13/h3-5,7,9-10H,6,8H2,1-2H3/b11-7-. The summed E-state index contributed by atoms with van der Waals surface area (Å²) in [6.07, 6.45) is 3.61. The molecule has 0 aromatic heterocycles. The SMILES string of the molecule is CC(=O)CC/C=C(/C)c1ccccc1. The summed E-state index contributed by atoms with van der Waals surface area (Å²) in [4.78, 5) is 10.7.